The van der Waals surface area contributed by atoms with Gasteiger partial charge in [-0.3, -0.25) is 9.59 Å². The van der Waals surface area contributed by atoms with E-state index in [1.54, 1.807) is 49.9 Å². The van der Waals surface area contributed by atoms with E-state index in [9.17, 15) is 14.4 Å². The SMILES string of the molecule is C#Cc1ccc(C(C(=O)NC(C)(C)C)N(C(=O)C(Cc2ccccc2)NC(=O)OC(C)(C)C)C2CCC2)cc1. The predicted octanol–water partition coefficient (Wildman–Crippen LogP) is 5.14. The van der Waals surface area contributed by atoms with Crippen LogP contribution in [0.5, 0.6) is 0 Å². The molecule has 0 heterocycles. The summed E-state index contributed by atoms with van der Waals surface area (Å²) in [5, 5.41) is 5.87. The molecule has 0 aliphatic heterocycles. The van der Waals surface area contributed by atoms with Gasteiger partial charge in [0.1, 0.15) is 17.7 Å². The molecular formula is C32H41N3O4. The number of nitrogens with zero attached hydrogens (tertiary/aromatic N) is 1. The van der Waals surface area contributed by atoms with E-state index in [4.69, 9.17) is 11.2 Å². The van der Waals surface area contributed by atoms with Crippen LogP contribution in [0.4, 0.5) is 4.79 Å². The fourth-order valence-corrected chi connectivity index (χ4v) is 4.50. The number of hydrogen-bond donors (Lipinski definition) is 2. The molecule has 2 aromatic rings. The zero-order chi connectivity index (χ0) is 28.8. The Bertz CT molecular complexity index is 1180. The van der Waals surface area contributed by atoms with Gasteiger partial charge in [-0.2, -0.15) is 0 Å². The van der Waals surface area contributed by atoms with Crippen LogP contribution in [-0.2, 0) is 20.7 Å². The van der Waals surface area contributed by atoms with Gasteiger partial charge in [0.15, 0.2) is 0 Å². The lowest BCUT2D eigenvalue weighted by Crippen LogP contribution is -2.59. The summed E-state index contributed by atoms with van der Waals surface area (Å²) in [6.45, 7) is 11.0. The number of terminal acetylenes is 1. The van der Waals surface area contributed by atoms with Crippen LogP contribution in [0, 0.1) is 12.3 Å². The molecule has 3 amide bonds. The maximum atomic E-state index is 14.4. The fourth-order valence-electron chi connectivity index (χ4n) is 4.50. The number of carbonyl (C=O) groups is 3. The predicted molar refractivity (Wildman–Crippen MR) is 153 cm³/mol. The summed E-state index contributed by atoms with van der Waals surface area (Å²) >= 11 is 0. The average Bonchev–Trinajstić information content (AvgIpc) is 2.80. The Morgan fingerprint density at radius 3 is 2.10 bits per heavy atom. The molecule has 7 heteroatoms. The zero-order valence-electron chi connectivity index (χ0n) is 23.9. The van der Waals surface area contributed by atoms with Gasteiger partial charge in [-0.1, -0.05) is 48.4 Å². The summed E-state index contributed by atoms with van der Waals surface area (Å²) in [7, 11) is 0. The molecule has 1 aliphatic carbocycles. The third-order valence-electron chi connectivity index (χ3n) is 6.41. The molecule has 1 aliphatic rings. The van der Waals surface area contributed by atoms with Gasteiger partial charge in [0.05, 0.1) is 0 Å². The van der Waals surface area contributed by atoms with E-state index in [1.807, 2.05) is 51.1 Å². The number of carbonyl (C=O) groups excluding carboxylic acids is 3. The molecule has 7 nitrogen and oxygen atoms in total. The first-order valence-electron chi connectivity index (χ1n) is 13.5. The van der Waals surface area contributed by atoms with E-state index in [2.05, 4.69) is 16.6 Å². The van der Waals surface area contributed by atoms with Gasteiger partial charge in [0.25, 0.3) is 0 Å². The highest BCUT2D eigenvalue weighted by atomic mass is 16.6. The molecule has 3 rings (SSSR count). The minimum atomic E-state index is -0.933. The van der Waals surface area contributed by atoms with E-state index in [1.165, 1.54) is 0 Å². The molecule has 0 saturated heterocycles. The number of alkyl carbamates (subject to hydrolysis) is 1. The molecule has 2 atom stereocenters. The lowest BCUT2D eigenvalue weighted by atomic mass is 9.87. The van der Waals surface area contributed by atoms with Crippen molar-refractivity contribution in [3.05, 3.63) is 71.3 Å². The van der Waals surface area contributed by atoms with Crippen molar-refractivity contribution in [1.29, 1.82) is 0 Å². The van der Waals surface area contributed by atoms with Gasteiger partial charge in [-0.25, -0.2) is 4.79 Å². The number of amides is 3. The van der Waals surface area contributed by atoms with Crippen molar-refractivity contribution < 1.29 is 19.1 Å². The van der Waals surface area contributed by atoms with Crippen LogP contribution in [0.25, 0.3) is 0 Å². The second kappa shape index (κ2) is 12.4. The summed E-state index contributed by atoms with van der Waals surface area (Å²) in [5.74, 6) is 1.99. The second-order valence-corrected chi connectivity index (χ2v) is 12.1. The van der Waals surface area contributed by atoms with Crippen molar-refractivity contribution >= 4 is 17.9 Å². The zero-order valence-corrected chi connectivity index (χ0v) is 23.9. The van der Waals surface area contributed by atoms with Crippen LogP contribution in [-0.4, -0.2) is 46.0 Å². The lowest BCUT2D eigenvalue weighted by molar-refractivity contribution is -0.148. The van der Waals surface area contributed by atoms with Crippen molar-refractivity contribution in [2.24, 2.45) is 0 Å². The Labute approximate surface area is 232 Å². The molecule has 2 unspecified atom stereocenters. The fraction of sp³-hybridized carbons (Fsp3) is 0.469. The standard InChI is InChI=1S/C32H41N3O4/c1-8-22-17-19-24(20-18-22)27(28(36)34-31(2,3)4)35(25-15-12-16-25)29(37)26(21-23-13-10-9-11-14-23)33-30(38)39-32(5,6)7/h1,9-11,13-14,17-20,25-27H,12,15-16,21H2,2-7H3,(H,33,38)(H,34,36). The summed E-state index contributed by atoms with van der Waals surface area (Å²) in [6, 6.07) is 14.7. The molecule has 2 N–H and O–H groups in total. The van der Waals surface area contributed by atoms with Crippen LogP contribution in [0.2, 0.25) is 0 Å². The Kier molecular flexibility index (Phi) is 9.45. The molecular weight excluding hydrogens is 490 g/mol. The van der Waals surface area contributed by atoms with Crippen molar-refractivity contribution in [3.8, 4) is 12.3 Å². The molecule has 0 spiro atoms. The smallest absolute Gasteiger partial charge is 0.408 e. The van der Waals surface area contributed by atoms with Crippen LogP contribution < -0.4 is 10.6 Å². The molecule has 39 heavy (non-hydrogen) atoms. The summed E-state index contributed by atoms with van der Waals surface area (Å²) in [6.07, 6.45) is 7.65. The summed E-state index contributed by atoms with van der Waals surface area (Å²) in [5.41, 5.74) is 0.983. The van der Waals surface area contributed by atoms with Gasteiger partial charge >= 0.3 is 6.09 Å². The summed E-state index contributed by atoms with van der Waals surface area (Å²) < 4.78 is 5.50. The minimum absolute atomic E-state index is 0.140. The molecule has 0 radical (unpaired) electrons. The van der Waals surface area contributed by atoms with Crippen LogP contribution >= 0.6 is 0 Å². The van der Waals surface area contributed by atoms with Crippen molar-refractivity contribution in [1.82, 2.24) is 15.5 Å². The van der Waals surface area contributed by atoms with Crippen molar-refractivity contribution in [2.75, 3.05) is 0 Å². The highest BCUT2D eigenvalue weighted by Crippen LogP contribution is 2.34. The number of rotatable bonds is 8. The van der Waals surface area contributed by atoms with E-state index in [0.29, 0.717) is 11.1 Å². The maximum Gasteiger partial charge on any atom is 0.408 e. The van der Waals surface area contributed by atoms with Crippen molar-refractivity contribution in [3.63, 3.8) is 0 Å². The number of benzene rings is 2. The molecule has 0 aromatic heterocycles. The van der Waals surface area contributed by atoms with Crippen LogP contribution in [0.3, 0.4) is 0 Å². The first-order chi connectivity index (χ1) is 18.3. The minimum Gasteiger partial charge on any atom is -0.444 e. The van der Waals surface area contributed by atoms with E-state index >= 15 is 0 Å². The molecule has 1 fully saturated rings. The number of nitrogens with one attached hydrogen (secondary N) is 2. The van der Waals surface area contributed by atoms with Crippen molar-refractivity contribution in [2.45, 2.75) is 96.5 Å². The Hall–Kier alpha value is -3.79. The lowest BCUT2D eigenvalue weighted by Gasteiger charge is -2.44. The maximum absolute atomic E-state index is 14.4. The van der Waals surface area contributed by atoms with E-state index in [0.717, 1.165) is 24.8 Å². The molecule has 1 saturated carbocycles. The number of ether oxygens (including phenoxy) is 1. The monoisotopic (exact) mass is 531 g/mol. The largest absolute Gasteiger partial charge is 0.444 e. The summed E-state index contributed by atoms with van der Waals surface area (Å²) in [4.78, 5) is 42.8. The Balaban J connectivity index is 2.05. The Morgan fingerprint density at radius 1 is 1.00 bits per heavy atom. The van der Waals surface area contributed by atoms with E-state index in [-0.39, 0.29) is 24.3 Å². The first-order valence-corrected chi connectivity index (χ1v) is 13.5. The Morgan fingerprint density at radius 2 is 1.62 bits per heavy atom. The molecule has 208 valence electrons. The highest BCUT2D eigenvalue weighted by Gasteiger charge is 2.42. The number of hydrogen-bond acceptors (Lipinski definition) is 4. The van der Waals surface area contributed by atoms with Crippen LogP contribution in [0.1, 0.15) is 83.5 Å². The third-order valence-corrected chi connectivity index (χ3v) is 6.41. The van der Waals surface area contributed by atoms with Gasteiger partial charge in [0, 0.05) is 23.6 Å². The quantitative estimate of drug-likeness (QED) is 0.462. The molecule has 0 bridgehead atoms. The van der Waals surface area contributed by atoms with Gasteiger partial charge in [-0.05, 0) is 84.1 Å². The third kappa shape index (κ3) is 8.61. The van der Waals surface area contributed by atoms with E-state index < -0.39 is 29.3 Å². The second-order valence-electron chi connectivity index (χ2n) is 12.1. The van der Waals surface area contributed by atoms with Crippen LogP contribution in [0.15, 0.2) is 54.6 Å². The van der Waals surface area contributed by atoms with Gasteiger partial charge in [0.2, 0.25) is 11.8 Å². The van der Waals surface area contributed by atoms with Gasteiger partial charge < -0.3 is 20.3 Å². The first kappa shape index (κ1) is 29.8. The molecule has 2 aromatic carbocycles. The highest BCUT2D eigenvalue weighted by molar-refractivity contribution is 5.93. The topological polar surface area (TPSA) is 87.7 Å². The van der Waals surface area contributed by atoms with Gasteiger partial charge in [-0.15, -0.1) is 6.42 Å². The normalized spacial score (nSPS) is 15.2. The average molecular weight is 532 g/mol.